The summed E-state index contributed by atoms with van der Waals surface area (Å²) in [6, 6.07) is 10.1. The molecule has 4 aromatic rings. The standard InChI is InChI=1S/C20H21N5S/c1-19(2)10-13-14-17-22-16(12-8-6-5-7-9-12)23-25(17)11-21-18(14)26-15(13)20(3,4)24-19/h5-9,11,24H,10H2,1-4H3/p+1. The quantitative estimate of drug-likeness (QED) is 0.564. The molecular formula is C20H22N5S+. The van der Waals surface area contributed by atoms with Crippen LogP contribution >= 0.6 is 11.3 Å². The van der Waals surface area contributed by atoms with Crippen molar-refractivity contribution in [1.29, 1.82) is 0 Å². The zero-order valence-electron chi connectivity index (χ0n) is 15.4. The van der Waals surface area contributed by atoms with Crippen LogP contribution in [0.2, 0.25) is 0 Å². The van der Waals surface area contributed by atoms with E-state index in [4.69, 9.17) is 9.97 Å². The highest BCUT2D eigenvalue weighted by Gasteiger charge is 2.43. The summed E-state index contributed by atoms with van der Waals surface area (Å²) in [6.07, 6.45) is 2.81. The highest BCUT2D eigenvalue weighted by molar-refractivity contribution is 7.19. The molecule has 0 atom stereocenters. The van der Waals surface area contributed by atoms with Crippen molar-refractivity contribution < 1.29 is 5.32 Å². The second-order valence-corrected chi connectivity index (χ2v) is 9.43. The second-order valence-electron chi connectivity index (χ2n) is 8.44. The smallest absolute Gasteiger partial charge is 0.182 e. The molecule has 6 heteroatoms. The number of nitrogens with zero attached hydrogens (tertiary/aromatic N) is 4. The van der Waals surface area contributed by atoms with Crippen molar-refractivity contribution >= 4 is 27.2 Å². The lowest BCUT2D eigenvalue weighted by Gasteiger charge is -2.38. The fourth-order valence-corrected chi connectivity index (χ4v) is 5.63. The largest absolute Gasteiger partial charge is 0.333 e. The fraction of sp³-hybridized carbons (Fsp3) is 0.350. The minimum Gasteiger partial charge on any atom is -0.333 e. The molecule has 5 nitrogen and oxygen atoms in total. The van der Waals surface area contributed by atoms with E-state index in [9.17, 15) is 0 Å². The van der Waals surface area contributed by atoms with Crippen LogP contribution in [-0.2, 0) is 12.0 Å². The maximum Gasteiger partial charge on any atom is 0.182 e. The van der Waals surface area contributed by atoms with Gasteiger partial charge in [0.25, 0.3) is 0 Å². The molecule has 2 N–H and O–H groups in total. The van der Waals surface area contributed by atoms with Crippen molar-refractivity contribution in [3.8, 4) is 11.4 Å². The van der Waals surface area contributed by atoms with Gasteiger partial charge in [-0.05, 0) is 33.3 Å². The van der Waals surface area contributed by atoms with E-state index in [1.54, 1.807) is 17.7 Å². The lowest BCUT2D eigenvalue weighted by Crippen LogP contribution is -3.03. The Labute approximate surface area is 156 Å². The Kier molecular flexibility index (Phi) is 3.13. The van der Waals surface area contributed by atoms with E-state index < -0.39 is 0 Å². The molecule has 1 aliphatic rings. The van der Waals surface area contributed by atoms with Gasteiger partial charge in [-0.3, -0.25) is 0 Å². The first-order valence-electron chi connectivity index (χ1n) is 8.94. The van der Waals surface area contributed by atoms with Crippen molar-refractivity contribution in [3.05, 3.63) is 47.1 Å². The average molecular weight is 364 g/mol. The summed E-state index contributed by atoms with van der Waals surface area (Å²) in [5.41, 5.74) is 3.54. The molecule has 5 rings (SSSR count). The van der Waals surface area contributed by atoms with E-state index in [0.717, 1.165) is 28.3 Å². The summed E-state index contributed by atoms with van der Waals surface area (Å²) in [5, 5.41) is 8.33. The Hall–Kier alpha value is -2.31. The number of quaternary nitrogens is 1. The Morgan fingerprint density at radius 2 is 1.88 bits per heavy atom. The van der Waals surface area contributed by atoms with Crippen molar-refractivity contribution in [2.75, 3.05) is 0 Å². The zero-order valence-corrected chi connectivity index (χ0v) is 16.3. The van der Waals surface area contributed by atoms with E-state index in [2.05, 4.69) is 38.1 Å². The number of thiophene rings is 1. The number of rotatable bonds is 1. The van der Waals surface area contributed by atoms with Crippen LogP contribution in [0.15, 0.2) is 36.7 Å². The normalized spacial score (nSPS) is 18.3. The zero-order chi connectivity index (χ0) is 18.1. The predicted molar refractivity (Wildman–Crippen MR) is 104 cm³/mol. The number of nitrogens with two attached hydrogens (primary N) is 1. The third-order valence-corrected chi connectivity index (χ3v) is 6.61. The first kappa shape index (κ1) is 15.9. The molecule has 0 saturated heterocycles. The Morgan fingerprint density at radius 1 is 1.12 bits per heavy atom. The molecule has 0 aliphatic carbocycles. The van der Waals surface area contributed by atoms with Gasteiger partial charge in [0.2, 0.25) is 0 Å². The van der Waals surface area contributed by atoms with Crippen LogP contribution < -0.4 is 5.32 Å². The Morgan fingerprint density at radius 3 is 2.65 bits per heavy atom. The number of fused-ring (bicyclic) bond motifs is 5. The Balaban J connectivity index is 1.81. The molecule has 0 saturated carbocycles. The molecule has 26 heavy (non-hydrogen) atoms. The van der Waals surface area contributed by atoms with Crippen molar-refractivity contribution in [1.82, 2.24) is 19.6 Å². The summed E-state index contributed by atoms with van der Waals surface area (Å²) in [7, 11) is 0. The first-order valence-corrected chi connectivity index (χ1v) is 9.75. The predicted octanol–water partition coefficient (Wildman–Crippen LogP) is 3.14. The van der Waals surface area contributed by atoms with Crippen LogP contribution in [0, 0.1) is 0 Å². The van der Waals surface area contributed by atoms with Gasteiger partial charge in [-0.1, -0.05) is 30.3 Å². The van der Waals surface area contributed by atoms with Gasteiger partial charge in [-0.2, -0.15) is 0 Å². The monoisotopic (exact) mass is 364 g/mol. The SMILES string of the molecule is CC1(C)Cc2c(sc3ncn4nc(-c5ccccc5)nc4c23)C(C)(C)[NH2+]1. The maximum absolute atomic E-state index is 4.90. The molecule has 0 amide bonds. The molecule has 4 heterocycles. The molecule has 0 unspecified atom stereocenters. The van der Waals surface area contributed by atoms with Crippen LogP contribution in [0.1, 0.15) is 38.1 Å². The molecule has 0 fully saturated rings. The van der Waals surface area contributed by atoms with Gasteiger partial charge in [0.05, 0.1) is 15.8 Å². The second kappa shape index (κ2) is 5.11. The Bertz CT molecular complexity index is 1140. The van der Waals surface area contributed by atoms with Gasteiger partial charge in [-0.15, -0.1) is 16.4 Å². The number of hydrogen-bond acceptors (Lipinski definition) is 4. The summed E-state index contributed by atoms with van der Waals surface area (Å²) in [4.78, 5) is 12.1. The van der Waals surface area contributed by atoms with E-state index in [1.165, 1.54) is 15.8 Å². The third-order valence-electron chi connectivity index (χ3n) is 5.13. The fourth-order valence-electron chi connectivity index (χ4n) is 4.40. The van der Waals surface area contributed by atoms with E-state index in [-0.39, 0.29) is 11.1 Å². The van der Waals surface area contributed by atoms with Gasteiger partial charge < -0.3 is 5.32 Å². The topological polar surface area (TPSA) is 59.7 Å². The van der Waals surface area contributed by atoms with Gasteiger partial charge in [0.15, 0.2) is 11.5 Å². The first-order chi connectivity index (χ1) is 12.3. The highest BCUT2D eigenvalue weighted by Crippen LogP contribution is 2.41. The molecule has 0 bridgehead atoms. The molecule has 3 aromatic heterocycles. The van der Waals surface area contributed by atoms with Gasteiger partial charge >= 0.3 is 0 Å². The molecule has 1 aromatic carbocycles. The van der Waals surface area contributed by atoms with Gasteiger partial charge in [0, 0.05) is 12.0 Å². The minimum atomic E-state index is 0.0434. The van der Waals surface area contributed by atoms with Crippen LogP contribution in [0.3, 0.4) is 0 Å². The molecule has 0 radical (unpaired) electrons. The maximum atomic E-state index is 4.90. The van der Waals surface area contributed by atoms with Crippen molar-refractivity contribution in [3.63, 3.8) is 0 Å². The minimum absolute atomic E-state index is 0.0434. The van der Waals surface area contributed by atoms with Crippen LogP contribution in [0.4, 0.5) is 0 Å². The molecule has 1 aliphatic heterocycles. The summed E-state index contributed by atoms with van der Waals surface area (Å²) in [5.74, 6) is 0.751. The van der Waals surface area contributed by atoms with Crippen molar-refractivity contribution in [2.45, 2.75) is 45.2 Å². The van der Waals surface area contributed by atoms with Crippen LogP contribution in [0.25, 0.3) is 27.3 Å². The molecule has 132 valence electrons. The number of benzene rings is 1. The van der Waals surface area contributed by atoms with Crippen molar-refractivity contribution in [2.24, 2.45) is 0 Å². The third kappa shape index (κ3) is 2.29. The number of aromatic nitrogens is 4. The lowest BCUT2D eigenvalue weighted by molar-refractivity contribution is -0.789. The van der Waals surface area contributed by atoms with Crippen LogP contribution in [0.5, 0.6) is 0 Å². The molecule has 0 spiro atoms. The highest BCUT2D eigenvalue weighted by atomic mass is 32.1. The van der Waals surface area contributed by atoms with E-state index in [0.29, 0.717) is 0 Å². The van der Waals surface area contributed by atoms with Gasteiger partial charge in [-0.25, -0.2) is 14.5 Å². The summed E-state index contributed by atoms with van der Waals surface area (Å²) in [6.45, 7) is 9.24. The lowest BCUT2D eigenvalue weighted by atomic mass is 9.82. The summed E-state index contributed by atoms with van der Waals surface area (Å²) >= 11 is 1.80. The number of hydrogen-bond donors (Lipinski definition) is 1. The summed E-state index contributed by atoms with van der Waals surface area (Å²) < 4.78 is 1.83. The average Bonchev–Trinajstić information content (AvgIpc) is 3.15. The molecular weight excluding hydrogens is 342 g/mol. The van der Waals surface area contributed by atoms with E-state index >= 15 is 0 Å². The van der Waals surface area contributed by atoms with Gasteiger partial charge in [0.1, 0.15) is 16.7 Å². The van der Waals surface area contributed by atoms with E-state index in [1.807, 2.05) is 34.8 Å². The van der Waals surface area contributed by atoms with Crippen LogP contribution in [-0.4, -0.2) is 25.1 Å².